The lowest BCUT2D eigenvalue weighted by molar-refractivity contribution is 0.0891. The molecule has 4 aromatic rings. The van der Waals surface area contributed by atoms with Gasteiger partial charge in [0.1, 0.15) is 0 Å². The first-order valence-electron chi connectivity index (χ1n) is 7.70. The lowest BCUT2D eigenvalue weighted by Crippen LogP contribution is -2.41. The number of halogens is 1. The number of aromatic amines is 1. The fourth-order valence-corrected chi connectivity index (χ4v) is 3.76. The Morgan fingerprint density at radius 2 is 1.64 bits per heavy atom. The van der Waals surface area contributed by atoms with Crippen molar-refractivity contribution in [2.75, 3.05) is 4.90 Å². The van der Waals surface area contributed by atoms with Crippen LogP contribution < -0.4 is 4.90 Å². The number of imide groups is 1. The molecule has 0 radical (unpaired) electrons. The van der Waals surface area contributed by atoms with Gasteiger partial charge in [0.25, 0.3) is 11.8 Å². The molecule has 0 aliphatic carbocycles. The standard InChI is InChI=1S/C19H10BrN3O2/c20-13-9-8-12-16-10(13)4-3-5-11(16)17(24)23(18(12)25)19-21-14-6-1-2-7-15(14)22-19/h1-9H,(H,21,22). The van der Waals surface area contributed by atoms with E-state index in [1.54, 1.807) is 12.1 Å². The molecule has 1 aliphatic rings. The molecule has 6 heteroatoms. The maximum absolute atomic E-state index is 13.0. The number of H-pyrrole nitrogens is 1. The summed E-state index contributed by atoms with van der Waals surface area (Å²) in [5.74, 6) is -0.512. The Bertz CT molecular complexity index is 1160. The molecule has 5 nitrogen and oxygen atoms in total. The molecular weight excluding hydrogens is 382 g/mol. The van der Waals surface area contributed by atoms with Gasteiger partial charge in [0.05, 0.1) is 11.0 Å². The Labute approximate surface area is 150 Å². The Hall–Kier alpha value is -2.99. The second kappa shape index (κ2) is 5.00. The highest BCUT2D eigenvalue weighted by atomic mass is 79.9. The van der Waals surface area contributed by atoms with Crippen LogP contribution >= 0.6 is 15.9 Å². The van der Waals surface area contributed by atoms with Crippen LogP contribution in [0.5, 0.6) is 0 Å². The van der Waals surface area contributed by atoms with Gasteiger partial charge >= 0.3 is 0 Å². The van der Waals surface area contributed by atoms with E-state index in [4.69, 9.17) is 0 Å². The van der Waals surface area contributed by atoms with Gasteiger partial charge in [-0.3, -0.25) is 9.59 Å². The van der Waals surface area contributed by atoms with E-state index in [2.05, 4.69) is 25.9 Å². The van der Waals surface area contributed by atoms with Crippen LogP contribution in [0.4, 0.5) is 5.95 Å². The van der Waals surface area contributed by atoms with Crippen LogP contribution in [-0.2, 0) is 0 Å². The first-order chi connectivity index (χ1) is 12.1. The van der Waals surface area contributed by atoms with E-state index in [-0.39, 0.29) is 17.8 Å². The summed E-state index contributed by atoms with van der Waals surface area (Å²) >= 11 is 3.49. The number of benzene rings is 3. The van der Waals surface area contributed by atoms with Crippen LogP contribution in [0.25, 0.3) is 21.8 Å². The minimum atomic E-state index is -0.375. The van der Waals surface area contributed by atoms with Gasteiger partial charge in [0, 0.05) is 21.0 Å². The summed E-state index contributed by atoms with van der Waals surface area (Å²) in [6.45, 7) is 0. The molecule has 0 saturated heterocycles. The van der Waals surface area contributed by atoms with Crippen molar-refractivity contribution >= 4 is 55.5 Å². The lowest BCUT2D eigenvalue weighted by atomic mass is 9.94. The zero-order valence-electron chi connectivity index (χ0n) is 12.8. The van der Waals surface area contributed by atoms with Crippen LogP contribution in [0.3, 0.4) is 0 Å². The third kappa shape index (κ3) is 1.91. The van der Waals surface area contributed by atoms with Gasteiger partial charge in [-0.1, -0.05) is 40.2 Å². The van der Waals surface area contributed by atoms with Crippen molar-refractivity contribution in [2.45, 2.75) is 0 Å². The lowest BCUT2D eigenvalue weighted by Gasteiger charge is -2.25. The summed E-state index contributed by atoms with van der Waals surface area (Å²) < 4.78 is 0.853. The van der Waals surface area contributed by atoms with E-state index < -0.39 is 0 Å². The SMILES string of the molecule is O=C1c2cccc3c(Br)ccc(c23)C(=O)N1c1nc2ccccc2[nH]1. The molecule has 0 fully saturated rings. The summed E-state index contributed by atoms with van der Waals surface area (Å²) in [6, 6.07) is 16.4. The summed E-state index contributed by atoms with van der Waals surface area (Å²) in [5, 5.41) is 1.53. The number of aromatic nitrogens is 2. The Kier molecular flexibility index (Phi) is 2.87. The second-order valence-electron chi connectivity index (χ2n) is 5.85. The van der Waals surface area contributed by atoms with E-state index in [0.29, 0.717) is 22.0 Å². The molecule has 2 heterocycles. The van der Waals surface area contributed by atoms with Crippen molar-refractivity contribution in [1.82, 2.24) is 9.97 Å². The molecule has 25 heavy (non-hydrogen) atoms. The number of carbonyl (C=O) groups excluding carboxylic acids is 2. The number of hydrogen-bond acceptors (Lipinski definition) is 3. The molecule has 120 valence electrons. The number of imidazole rings is 1. The highest BCUT2D eigenvalue weighted by Gasteiger charge is 2.35. The van der Waals surface area contributed by atoms with Crippen LogP contribution in [0.15, 0.2) is 59.1 Å². The van der Waals surface area contributed by atoms with Crippen molar-refractivity contribution in [3.8, 4) is 0 Å². The fraction of sp³-hybridized carbons (Fsp3) is 0. The van der Waals surface area contributed by atoms with E-state index in [0.717, 1.165) is 20.3 Å². The van der Waals surface area contributed by atoms with E-state index >= 15 is 0 Å². The molecule has 2 amide bonds. The van der Waals surface area contributed by atoms with Crippen LogP contribution in [0.1, 0.15) is 20.7 Å². The molecule has 0 saturated carbocycles. The van der Waals surface area contributed by atoms with Crippen LogP contribution in [-0.4, -0.2) is 21.8 Å². The summed E-state index contributed by atoms with van der Waals surface area (Å²) in [5.41, 5.74) is 2.47. The zero-order chi connectivity index (χ0) is 17.1. The number of carbonyl (C=O) groups is 2. The molecular formula is C19H10BrN3O2. The van der Waals surface area contributed by atoms with Gasteiger partial charge in [-0.05, 0) is 35.7 Å². The highest BCUT2D eigenvalue weighted by molar-refractivity contribution is 9.10. The Balaban J connectivity index is 1.77. The Morgan fingerprint density at radius 3 is 2.44 bits per heavy atom. The maximum atomic E-state index is 13.0. The van der Waals surface area contributed by atoms with Crippen LogP contribution in [0.2, 0.25) is 0 Å². The minimum Gasteiger partial charge on any atom is -0.323 e. The summed E-state index contributed by atoms with van der Waals surface area (Å²) in [6.07, 6.45) is 0. The van der Waals surface area contributed by atoms with Gasteiger partial charge in [0.2, 0.25) is 5.95 Å². The van der Waals surface area contributed by atoms with Crippen LogP contribution in [0, 0.1) is 0 Å². The fourth-order valence-electron chi connectivity index (χ4n) is 3.30. The largest absolute Gasteiger partial charge is 0.323 e. The number of rotatable bonds is 1. The average Bonchev–Trinajstić information content (AvgIpc) is 3.04. The number of amides is 2. The second-order valence-corrected chi connectivity index (χ2v) is 6.70. The topological polar surface area (TPSA) is 66.1 Å². The normalized spacial score (nSPS) is 13.9. The molecule has 5 rings (SSSR count). The molecule has 1 aliphatic heterocycles. The van der Waals surface area contributed by atoms with Gasteiger partial charge < -0.3 is 4.98 Å². The molecule has 0 atom stereocenters. The smallest absolute Gasteiger partial charge is 0.268 e. The van der Waals surface area contributed by atoms with Crippen molar-refractivity contribution in [1.29, 1.82) is 0 Å². The first-order valence-corrected chi connectivity index (χ1v) is 8.49. The third-order valence-electron chi connectivity index (χ3n) is 4.44. The predicted molar refractivity (Wildman–Crippen MR) is 98.9 cm³/mol. The monoisotopic (exact) mass is 391 g/mol. The molecule has 3 aromatic carbocycles. The van der Waals surface area contributed by atoms with Gasteiger partial charge in [-0.25, -0.2) is 9.88 Å². The van der Waals surface area contributed by atoms with Gasteiger partial charge in [-0.15, -0.1) is 0 Å². The van der Waals surface area contributed by atoms with Crippen molar-refractivity contribution in [3.05, 3.63) is 70.2 Å². The van der Waals surface area contributed by atoms with E-state index in [9.17, 15) is 9.59 Å². The van der Waals surface area contributed by atoms with Gasteiger partial charge in [0.15, 0.2) is 0 Å². The molecule has 0 unspecified atom stereocenters. The number of fused-ring (bicyclic) bond motifs is 1. The van der Waals surface area contributed by atoms with E-state index in [1.165, 1.54) is 0 Å². The number of hydrogen-bond donors (Lipinski definition) is 1. The maximum Gasteiger partial charge on any atom is 0.268 e. The average molecular weight is 392 g/mol. The van der Waals surface area contributed by atoms with E-state index in [1.807, 2.05) is 42.5 Å². The number of para-hydroxylation sites is 2. The zero-order valence-corrected chi connectivity index (χ0v) is 14.4. The van der Waals surface area contributed by atoms with Gasteiger partial charge in [-0.2, -0.15) is 0 Å². The quantitative estimate of drug-likeness (QED) is 0.492. The number of nitrogens with zero attached hydrogens (tertiary/aromatic N) is 2. The molecule has 0 spiro atoms. The molecule has 0 bridgehead atoms. The van der Waals surface area contributed by atoms with Crippen molar-refractivity contribution in [3.63, 3.8) is 0 Å². The summed E-state index contributed by atoms with van der Waals surface area (Å²) in [7, 11) is 0. The predicted octanol–water partition coefficient (Wildman–Crippen LogP) is 4.28. The Morgan fingerprint density at radius 1 is 0.880 bits per heavy atom. The third-order valence-corrected chi connectivity index (χ3v) is 5.13. The number of anilines is 1. The number of nitrogens with one attached hydrogen (secondary N) is 1. The highest BCUT2D eigenvalue weighted by Crippen LogP contribution is 2.35. The van der Waals surface area contributed by atoms with Crippen molar-refractivity contribution in [2.24, 2.45) is 0 Å². The molecule has 1 N–H and O–H groups in total. The minimum absolute atomic E-state index is 0.238. The first kappa shape index (κ1) is 14.4. The van der Waals surface area contributed by atoms with Crippen molar-refractivity contribution < 1.29 is 9.59 Å². The molecule has 1 aromatic heterocycles. The summed E-state index contributed by atoms with van der Waals surface area (Å²) in [4.78, 5) is 34.7.